The molecule has 2 nitrogen and oxygen atoms in total. The third-order valence-corrected chi connectivity index (χ3v) is 4.37. The SMILES string of the molecule is CC(C)N1CCC(CN2CCCC(F)(F)C2)CC1. The summed E-state index contributed by atoms with van der Waals surface area (Å²) in [5.74, 6) is -1.83. The van der Waals surface area contributed by atoms with Crippen LogP contribution >= 0.6 is 0 Å². The molecule has 0 unspecified atom stereocenters. The van der Waals surface area contributed by atoms with Gasteiger partial charge in [-0.3, -0.25) is 4.90 Å². The Morgan fingerprint density at radius 2 is 1.83 bits per heavy atom. The highest BCUT2D eigenvalue weighted by atomic mass is 19.3. The summed E-state index contributed by atoms with van der Waals surface area (Å²) in [6, 6.07) is 0.616. The molecule has 106 valence electrons. The monoisotopic (exact) mass is 260 g/mol. The minimum Gasteiger partial charge on any atom is -0.301 e. The fourth-order valence-corrected chi connectivity index (χ4v) is 3.22. The van der Waals surface area contributed by atoms with Gasteiger partial charge >= 0.3 is 0 Å². The summed E-state index contributed by atoms with van der Waals surface area (Å²) in [7, 11) is 0. The zero-order chi connectivity index (χ0) is 13.2. The van der Waals surface area contributed by atoms with Gasteiger partial charge in [-0.2, -0.15) is 0 Å². The first-order chi connectivity index (χ1) is 8.46. The van der Waals surface area contributed by atoms with E-state index in [1.54, 1.807) is 0 Å². The third-order valence-electron chi connectivity index (χ3n) is 4.37. The zero-order valence-electron chi connectivity index (χ0n) is 11.7. The van der Waals surface area contributed by atoms with E-state index in [-0.39, 0.29) is 13.0 Å². The van der Waals surface area contributed by atoms with Crippen LogP contribution in [0.2, 0.25) is 0 Å². The van der Waals surface area contributed by atoms with Gasteiger partial charge in [0.15, 0.2) is 0 Å². The van der Waals surface area contributed by atoms with Gasteiger partial charge < -0.3 is 4.90 Å². The molecule has 2 saturated heterocycles. The second-order valence-corrected chi connectivity index (χ2v) is 6.27. The summed E-state index contributed by atoms with van der Waals surface area (Å²) in [5, 5.41) is 0. The van der Waals surface area contributed by atoms with Gasteiger partial charge in [0.2, 0.25) is 0 Å². The minimum absolute atomic E-state index is 0.0165. The number of nitrogens with zero attached hydrogens (tertiary/aromatic N) is 2. The molecule has 2 rings (SSSR count). The van der Waals surface area contributed by atoms with Crippen molar-refractivity contribution in [1.29, 1.82) is 0 Å². The average Bonchev–Trinajstić information content (AvgIpc) is 2.28. The topological polar surface area (TPSA) is 6.48 Å². The molecule has 0 saturated carbocycles. The van der Waals surface area contributed by atoms with E-state index >= 15 is 0 Å². The summed E-state index contributed by atoms with van der Waals surface area (Å²) in [6.07, 6.45) is 3.06. The summed E-state index contributed by atoms with van der Waals surface area (Å²) in [4.78, 5) is 4.47. The Hall–Kier alpha value is -0.220. The lowest BCUT2D eigenvalue weighted by atomic mass is 9.94. The lowest BCUT2D eigenvalue weighted by Crippen LogP contribution is -2.47. The summed E-state index contributed by atoms with van der Waals surface area (Å²) in [5.41, 5.74) is 0. The Bertz CT molecular complexity index is 261. The molecule has 0 aromatic heterocycles. The molecule has 4 heteroatoms. The molecule has 0 N–H and O–H groups in total. The number of hydrogen-bond donors (Lipinski definition) is 0. The number of likely N-dealkylation sites (tertiary alicyclic amines) is 2. The highest BCUT2D eigenvalue weighted by molar-refractivity contribution is 4.82. The first kappa shape index (κ1) is 14.2. The Morgan fingerprint density at radius 3 is 2.39 bits per heavy atom. The van der Waals surface area contributed by atoms with Gasteiger partial charge in [-0.25, -0.2) is 8.78 Å². The smallest absolute Gasteiger partial charge is 0.260 e. The van der Waals surface area contributed by atoms with Crippen molar-refractivity contribution >= 4 is 0 Å². The average molecular weight is 260 g/mol. The zero-order valence-corrected chi connectivity index (χ0v) is 11.7. The lowest BCUT2D eigenvalue weighted by molar-refractivity contribution is -0.0687. The molecule has 2 heterocycles. The summed E-state index contributed by atoms with van der Waals surface area (Å²) >= 11 is 0. The molecule has 0 amide bonds. The number of alkyl halides is 2. The van der Waals surface area contributed by atoms with E-state index in [1.807, 2.05) is 4.90 Å². The van der Waals surface area contributed by atoms with E-state index in [9.17, 15) is 8.78 Å². The molecule has 2 aliphatic heterocycles. The maximum atomic E-state index is 13.3. The van der Waals surface area contributed by atoms with Gasteiger partial charge in [-0.15, -0.1) is 0 Å². The number of halogens is 2. The standard InChI is InChI=1S/C14H26F2N2/c1-12(2)18-8-4-13(5-9-18)10-17-7-3-6-14(15,16)11-17/h12-13H,3-11H2,1-2H3. The van der Waals surface area contributed by atoms with Crippen molar-refractivity contribution in [2.75, 3.05) is 32.7 Å². The third kappa shape index (κ3) is 3.89. The molecule has 0 aliphatic carbocycles. The van der Waals surface area contributed by atoms with Crippen LogP contribution in [0.3, 0.4) is 0 Å². The Balaban J connectivity index is 1.74. The molecule has 0 atom stereocenters. The first-order valence-corrected chi connectivity index (χ1v) is 7.30. The second-order valence-electron chi connectivity index (χ2n) is 6.27. The van der Waals surface area contributed by atoms with Crippen molar-refractivity contribution in [1.82, 2.24) is 9.80 Å². The van der Waals surface area contributed by atoms with Crippen LogP contribution in [0.4, 0.5) is 8.78 Å². The van der Waals surface area contributed by atoms with E-state index in [4.69, 9.17) is 0 Å². The fourth-order valence-electron chi connectivity index (χ4n) is 3.22. The normalized spacial score (nSPS) is 27.8. The van der Waals surface area contributed by atoms with Gasteiger partial charge in [0.05, 0.1) is 6.54 Å². The Labute approximate surface area is 109 Å². The van der Waals surface area contributed by atoms with Gasteiger partial charge in [-0.05, 0) is 58.7 Å². The molecular weight excluding hydrogens is 234 g/mol. The highest BCUT2D eigenvalue weighted by Gasteiger charge is 2.36. The van der Waals surface area contributed by atoms with E-state index in [2.05, 4.69) is 18.7 Å². The van der Waals surface area contributed by atoms with Gasteiger partial charge in [0.1, 0.15) is 0 Å². The number of piperidine rings is 2. The minimum atomic E-state index is -2.45. The lowest BCUT2D eigenvalue weighted by Gasteiger charge is -2.39. The predicted molar refractivity (Wildman–Crippen MR) is 70.1 cm³/mol. The highest BCUT2D eigenvalue weighted by Crippen LogP contribution is 2.28. The Morgan fingerprint density at radius 1 is 1.17 bits per heavy atom. The molecule has 0 spiro atoms. The van der Waals surface area contributed by atoms with E-state index in [0.717, 1.165) is 26.2 Å². The fraction of sp³-hybridized carbons (Fsp3) is 1.00. The van der Waals surface area contributed by atoms with Crippen LogP contribution in [-0.4, -0.2) is 54.5 Å². The first-order valence-electron chi connectivity index (χ1n) is 7.30. The van der Waals surface area contributed by atoms with Crippen LogP contribution in [-0.2, 0) is 0 Å². The van der Waals surface area contributed by atoms with Crippen molar-refractivity contribution in [2.45, 2.75) is 51.5 Å². The molecule has 0 aromatic rings. The number of hydrogen-bond acceptors (Lipinski definition) is 2. The molecule has 2 aliphatic rings. The van der Waals surface area contributed by atoms with Crippen molar-refractivity contribution in [2.24, 2.45) is 5.92 Å². The predicted octanol–water partition coefficient (Wildman–Crippen LogP) is 2.84. The van der Waals surface area contributed by atoms with Crippen molar-refractivity contribution in [3.8, 4) is 0 Å². The van der Waals surface area contributed by atoms with Crippen LogP contribution in [0.25, 0.3) is 0 Å². The maximum absolute atomic E-state index is 13.3. The van der Waals surface area contributed by atoms with Crippen LogP contribution < -0.4 is 0 Å². The molecule has 2 fully saturated rings. The van der Waals surface area contributed by atoms with Crippen molar-refractivity contribution in [3.63, 3.8) is 0 Å². The molecule has 0 radical (unpaired) electrons. The van der Waals surface area contributed by atoms with E-state index in [1.165, 1.54) is 12.8 Å². The van der Waals surface area contributed by atoms with Crippen molar-refractivity contribution < 1.29 is 8.78 Å². The van der Waals surface area contributed by atoms with Crippen LogP contribution in [0.15, 0.2) is 0 Å². The quantitative estimate of drug-likeness (QED) is 0.770. The molecule has 0 bridgehead atoms. The number of rotatable bonds is 3. The maximum Gasteiger partial charge on any atom is 0.260 e. The molecule has 18 heavy (non-hydrogen) atoms. The Kier molecular flexibility index (Phi) is 4.59. The van der Waals surface area contributed by atoms with Crippen LogP contribution in [0.5, 0.6) is 0 Å². The molecule has 0 aromatic carbocycles. The second kappa shape index (κ2) is 5.83. The van der Waals surface area contributed by atoms with Gasteiger partial charge in [-0.1, -0.05) is 0 Å². The van der Waals surface area contributed by atoms with Crippen LogP contribution in [0.1, 0.15) is 39.5 Å². The molecular formula is C14H26F2N2. The van der Waals surface area contributed by atoms with Gasteiger partial charge in [0, 0.05) is 19.0 Å². The largest absolute Gasteiger partial charge is 0.301 e. The summed E-state index contributed by atoms with van der Waals surface area (Å²) < 4.78 is 26.7. The van der Waals surface area contributed by atoms with Gasteiger partial charge in [0.25, 0.3) is 5.92 Å². The van der Waals surface area contributed by atoms with E-state index in [0.29, 0.717) is 18.4 Å². The summed E-state index contributed by atoms with van der Waals surface area (Å²) in [6.45, 7) is 8.44. The van der Waals surface area contributed by atoms with E-state index < -0.39 is 5.92 Å². The van der Waals surface area contributed by atoms with Crippen LogP contribution in [0, 0.1) is 5.92 Å². The van der Waals surface area contributed by atoms with Crippen molar-refractivity contribution in [3.05, 3.63) is 0 Å².